The van der Waals surface area contributed by atoms with Gasteiger partial charge in [0.2, 0.25) is 0 Å². The molecule has 0 aromatic heterocycles. The Kier molecular flexibility index (Phi) is 11.2. The highest BCUT2D eigenvalue weighted by atomic mass is 14.0. The number of hydrogen-bond acceptors (Lipinski definition) is 0. The molecule has 0 heteroatoms. The van der Waals surface area contributed by atoms with E-state index in [1.165, 1.54) is 37.7 Å². The highest BCUT2D eigenvalue weighted by molar-refractivity contribution is 5.27. The highest BCUT2D eigenvalue weighted by Crippen LogP contribution is 2.16. The van der Waals surface area contributed by atoms with E-state index in [0.717, 1.165) is 12.8 Å². The number of allylic oxidation sites excluding steroid dienone is 6. The summed E-state index contributed by atoms with van der Waals surface area (Å²) >= 11 is 0. The first kappa shape index (κ1) is 16.2. The summed E-state index contributed by atoms with van der Waals surface area (Å²) in [7, 11) is 0. The van der Waals surface area contributed by atoms with Crippen molar-refractivity contribution in [1.29, 1.82) is 0 Å². The molecule has 0 spiro atoms. The third kappa shape index (κ3) is 8.97. The normalized spacial score (nSPS) is 13.6. The Morgan fingerprint density at radius 1 is 0.941 bits per heavy atom. The standard InChI is InChI=1S/C17H30/c1-5-8-10-11-12-15-17(14-9-6-2)16(4)13-7-3/h9,11-12,14H,5-8,10,13,15H2,1-4H3. The van der Waals surface area contributed by atoms with Crippen LogP contribution in [-0.2, 0) is 0 Å². The molecule has 0 nitrogen and oxygen atoms in total. The first-order chi connectivity index (χ1) is 8.26. The van der Waals surface area contributed by atoms with Crippen LogP contribution >= 0.6 is 0 Å². The summed E-state index contributed by atoms with van der Waals surface area (Å²) in [6.45, 7) is 8.97. The number of unbranched alkanes of at least 4 members (excludes halogenated alkanes) is 2. The summed E-state index contributed by atoms with van der Waals surface area (Å²) in [5.41, 5.74) is 3.07. The molecule has 17 heavy (non-hydrogen) atoms. The molecular formula is C17H30. The van der Waals surface area contributed by atoms with E-state index < -0.39 is 0 Å². The van der Waals surface area contributed by atoms with Crippen molar-refractivity contribution in [3.05, 3.63) is 35.5 Å². The van der Waals surface area contributed by atoms with Crippen molar-refractivity contribution in [2.45, 2.75) is 72.6 Å². The lowest BCUT2D eigenvalue weighted by atomic mass is 10.0. The number of rotatable bonds is 9. The second-order valence-electron chi connectivity index (χ2n) is 4.68. The Morgan fingerprint density at radius 3 is 2.29 bits per heavy atom. The molecular weight excluding hydrogens is 204 g/mol. The average Bonchev–Trinajstić information content (AvgIpc) is 2.33. The first-order valence-corrected chi connectivity index (χ1v) is 7.26. The molecule has 0 aliphatic heterocycles. The molecule has 0 atom stereocenters. The van der Waals surface area contributed by atoms with Crippen LogP contribution in [0.5, 0.6) is 0 Å². The highest BCUT2D eigenvalue weighted by Gasteiger charge is 1.96. The van der Waals surface area contributed by atoms with Crippen LogP contribution in [-0.4, -0.2) is 0 Å². The Bertz CT molecular complexity index is 253. The van der Waals surface area contributed by atoms with Gasteiger partial charge in [0, 0.05) is 0 Å². The quantitative estimate of drug-likeness (QED) is 0.253. The summed E-state index contributed by atoms with van der Waals surface area (Å²) in [5, 5.41) is 0. The summed E-state index contributed by atoms with van der Waals surface area (Å²) in [5.74, 6) is 0. The molecule has 0 saturated carbocycles. The van der Waals surface area contributed by atoms with Gasteiger partial charge in [0.1, 0.15) is 0 Å². The zero-order chi connectivity index (χ0) is 12.9. The fourth-order valence-electron chi connectivity index (χ4n) is 1.83. The Labute approximate surface area is 109 Å². The van der Waals surface area contributed by atoms with Gasteiger partial charge in [-0.1, -0.05) is 69.9 Å². The molecule has 0 bridgehead atoms. The molecule has 0 radical (unpaired) electrons. The van der Waals surface area contributed by atoms with E-state index in [0.29, 0.717) is 0 Å². The van der Waals surface area contributed by atoms with Gasteiger partial charge in [-0.05, 0) is 38.2 Å². The minimum atomic E-state index is 1.10. The van der Waals surface area contributed by atoms with Gasteiger partial charge in [-0.15, -0.1) is 0 Å². The monoisotopic (exact) mass is 234 g/mol. The van der Waals surface area contributed by atoms with Gasteiger partial charge < -0.3 is 0 Å². The maximum atomic E-state index is 2.34. The lowest BCUT2D eigenvalue weighted by molar-refractivity contribution is 0.812. The molecule has 0 aliphatic rings. The van der Waals surface area contributed by atoms with Crippen molar-refractivity contribution in [2.24, 2.45) is 0 Å². The van der Waals surface area contributed by atoms with Crippen LogP contribution in [0.1, 0.15) is 72.6 Å². The van der Waals surface area contributed by atoms with E-state index in [-0.39, 0.29) is 0 Å². The molecule has 0 aromatic rings. The van der Waals surface area contributed by atoms with E-state index >= 15 is 0 Å². The lowest BCUT2D eigenvalue weighted by Gasteiger charge is -2.05. The van der Waals surface area contributed by atoms with Gasteiger partial charge in [-0.3, -0.25) is 0 Å². The minimum Gasteiger partial charge on any atom is -0.0882 e. The smallest absolute Gasteiger partial charge is 0.00981 e. The van der Waals surface area contributed by atoms with E-state index in [1.54, 1.807) is 5.57 Å². The molecule has 0 fully saturated rings. The maximum absolute atomic E-state index is 2.34. The van der Waals surface area contributed by atoms with Crippen molar-refractivity contribution < 1.29 is 0 Å². The molecule has 0 unspecified atom stereocenters. The molecule has 0 aliphatic carbocycles. The third-order valence-corrected chi connectivity index (χ3v) is 2.96. The topological polar surface area (TPSA) is 0 Å². The second kappa shape index (κ2) is 11.7. The van der Waals surface area contributed by atoms with Crippen LogP contribution in [0.15, 0.2) is 35.5 Å². The van der Waals surface area contributed by atoms with Crippen LogP contribution in [0.25, 0.3) is 0 Å². The number of hydrogen-bond donors (Lipinski definition) is 0. The van der Waals surface area contributed by atoms with Crippen molar-refractivity contribution in [3.8, 4) is 0 Å². The van der Waals surface area contributed by atoms with Crippen LogP contribution < -0.4 is 0 Å². The largest absolute Gasteiger partial charge is 0.0882 e. The fourth-order valence-corrected chi connectivity index (χ4v) is 1.83. The van der Waals surface area contributed by atoms with E-state index in [2.05, 4.69) is 52.0 Å². The maximum Gasteiger partial charge on any atom is -0.00981 e. The van der Waals surface area contributed by atoms with E-state index in [9.17, 15) is 0 Å². The SMILES string of the molecule is CCC=CC(CC=CCCCC)=C(C)CCC. The van der Waals surface area contributed by atoms with Gasteiger partial charge in [0.05, 0.1) is 0 Å². The Hall–Kier alpha value is -0.780. The van der Waals surface area contributed by atoms with E-state index in [1.807, 2.05) is 0 Å². The predicted octanol–water partition coefficient (Wildman–Crippen LogP) is 6.21. The Morgan fingerprint density at radius 2 is 1.71 bits per heavy atom. The van der Waals surface area contributed by atoms with Crippen LogP contribution in [0.3, 0.4) is 0 Å². The van der Waals surface area contributed by atoms with Gasteiger partial charge in [0.15, 0.2) is 0 Å². The van der Waals surface area contributed by atoms with Gasteiger partial charge in [-0.2, -0.15) is 0 Å². The van der Waals surface area contributed by atoms with Crippen molar-refractivity contribution in [2.75, 3.05) is 0 Å². The summed E-state index contributed by atoms with van der Waals surface area (Å²) in [6.07, 6.45) is 17.8. The predicted molar refractivity (Wildman–Crippen MR) is 80.3 cm³/mol. The molecule has 98 valence electrons. The van der Waals surface area contributed by atoms with Crippen LogP contribution in [0.2, 0.25) is 0 Å². The second-order valence-corrected chi connectivity index (χ2v) is 4.68. The van der Waals surface area contributed by atoms with Crippen molar-refractivity contribution in [3.63, 3.8) is 0 Å². The zero-order valence-corrected chi connectivity index (χ0v) is 12.3. The van der Waals surface area contributed by atoms with Gasteiger partial charge in [-0.25, -0.2) is 0 Å². The fraction of sp³-hybridized carbons (Fsp3) is 0.647. The molecule has 0 aromatic carbocycles. The lowest BCUT2D eigenvalue weighted by Crippen LogP contribution is -1.85. The Balaban J connectivity index is 4.34. The van der Waals surface area contributed by atoms with Gasteiger partial charge in [0.25, 0.3) is 0 Å². The molecule has 0 amide bonds. The van der Waals surface area contributed by atoms with Crippen molar-refractivity contribution >= 4 is 0 Å². The van der Waals surface area contributed by atoms with Gasteiger partial charge >= 0.3 is 0 Å². The van der Waals surface area contributed by atoms with E-state index in [4.69, 9.17) is 0 Å². The molecule has 0 saturated heterocycles. The molecule has 0 rings (SSSR count). The molecule has 0 N–H and O–H groups in total. The van der Waals surface area contributed by atoms with Crippen molar-refractivity contribution in [1.82, 2.24) is 0 Å². The third-order valence-electron chi connectivity index (χ3n) is 2.96. The molecule has 0 heterocycles. The minimum absolute atomic E-state index is 1.10. The average molecular weight is 234 g/mol. The summed E-state index contributed by atoms with van der Waals surface area (Å²) < 4.78 is 0. The summed E-state index contributed by atoms with van der Waals surface area (Å²) in [6, 6.07) is 0. The summed E-state index contributed by atoms with van der Waals surface area (Å²) in [4.78, 5) is 0. The van der Waals surface area contributed by atoms with Crippen LogP contribution in [0.4, 0.5) is 0 Å². The van der Waals surface area contributed by atoms with Crippen LogP contribution in [0, 0.1) is 0 Å². The first-order valence-electron chi connectivity index (χ1n) is 7.26. The zero-order valence-electron chi connectivity index (χ0n) is 12.3.